The topological polar surface area (TPSA) is 91.7 Å². The van der Waals surface area contributed by atoms with Crippen LogP contribution in [-0.2, 0) is 11.6 Å². The average Bonchev–Trinajstić information content (AvgIpc) is 3.14. The summed E-state index contributed by atoms with van der Waals surface area (Å²) in [7, 11) is 0. The maximum atomic E-state index is 12.1. The van der Waals surface area contributed by atoms with E-state index in [1.54, 1.807) is 30.3 Å². The van der Waals surface area contributed by atoms with Crippen molar-refractivity contribution in [2.24, 2.45) is 10.9 Å². The molecule has 0 atom stereocenters. The van der Waals surface area contributed by atoms with Gasteiger partial charge in [-0.15, -0.1) is 0 Å². The lowest BCUT2D eigenvalue weighted by molar-refractivity contribution is 0.0507. The zero-order chi connectivity index (χ0) is 21.0. The molecule has 0 radical (unpaired) electrons. The molecule has 0 fully saturated rings. The predicted octanol–water partition coefficient (Wildman–Crippen LogP) is 5.01. The highest BCUT2D eigenvalue weighted by Gasteiger charge is 2.13. The van der Waals surface area contributed by atoms with Gasteiger partial charge < -0.3 is 15.3 Å². The second kappa shape index (κ2) is 9.37. The highest BCUT2D eigenvalue weighted by atomic mass is 35.5. The van der Waals surface area contributed by atoms with E-state index in [1.807, 2.05) is 0 Å². The summed E-state index contributed by atoms with van der Waals surface area (Å²) >= 11 is 23.7. The predicted molar refractivity (Wildman–Crippen MR) is 112 cm³/mol. The van der Waals surface area contributed by atoms with Gasteiger partial charge in [-0.2, -0.15) is 5.10 Å². The molecule has 2 N–H and O–H groups in total. The molecule has 7 nitrogen and oxygen atoms in total. The molecule has 2 aromatic carbocycles. The van der Waals surface area contributed by atoms with Crippen molar-refractivity contribution in [3.05, 3.63) is 80.0 Å². The Morgan fingerprint density at radius 2 is 1.72 bits per heavy atom. The Morgan fingerprint density at radius 3 is 2.41 bits per heavy atom. The fourth-order valence-electron chi connectivity index (χ4n) is 2.15. The molecule has 0 unspecified atom stereocenters. The van der Waals surface area contributed by atoms with Gasteiger partial charge in [-0.3, -0.25) is 0 Å². The second-order valence-corrected chi connectivity index (χ2v) is 7.26. The number of halogens is 4. The Kier molecular flexibility index (Phi) is 6.87. The number of amidine groups is 1. The monoisotopic (exact) mass is 472 g/mol. The van der Waals surface area contributed by atoms with E-state index in [9.17, 15) is 4.79 Å². The number of aromatic nitrogens is 2. The Bertz CT molecular complexity index is 1080. The minimum absolute atomic E-state index is 0.00885. The molecule has 0 bridgehead atoms. The lowest BCUT2D eigenvalue weighted by Gasteiger charge is -2.08. The molecule has 1 aromatic heterocycles. The van der Waals surface area contributed by atoms with Crippen LogP contribution in [0.1, 0.15) is 16.1 Å². The number of benzene rings is 2. The summed E-state index contributed by atoms with van der Waals surface area (Å²) in [5.74, 6) is -0.464. The van der Waals surface area contributed by atoms with Gasteiger partial charge in [0.25, 0.3) is 0 Å². The average molecular weight is 474 g/mol. The van der Waals surface area contributed by atoms with Crippen molar-refractivity contribution in [2.75, 3.05) is 0 Å². The summed E-state index contributed by atoms with van der Waals surface area (Å²) in [6, 6.07) is 10.9. The lowest BCUT2D eigenvalue weighted by atomic mass is 10.2. The van der Waals surface area contributed by atoms with E-state index >= 15 is 0 Å². The molecule has 0 spiro atoms. The van der Waals surface area contributed by atoms with E-state index in [-0.39, 0.29) is 23.3 Å². The zero-order valence-corrected chi connectivity index (χ0v) is 17.5. The van der Waals surface area contributed by atoms with Gasteiger partial charge in [0, 0.05) is 21.8 Å². The van der Waals surface area contributed by atoms with E-state index in [0.29, 0.717) is 26.4 Å². The number of hydrogen-bond donors (Lipinski definition) is 1. The number of carbonyl (C=O) groups is 1. The number of nitrogens with two attached hydrogens (primary N) is 1. The van der Waals surface area contributed by atoms with Crippen LogP contribution in [0.15, 0.2) is 53.8 Å². The Balaban J connectivity index is 1.61. The first-order valence-electron chi connectivity index (χ1n) is 7.95. The van der Waals surface area contributed by atoms with E-state index in [1.165, 1.54) is 23.0 Å². The van der Waals surface area contributed by atoms with Crippen LogP contribution in [0, 0.1) is 0 Å². The fourth-order valence-corrected chi connectivity index (χ4v) is 3.12. The van der Waals surface area contributed by atoms with Gasteiger partial charge in [0.15, 0.2) is 18.3 Å². The van der Waals surface area contributed by atoms with Crippen LogP contribution in [0.25, 0.3) is 0 Å². The Morgan fingerprint density at radius 1 is 1.03 bits per heavy atom. The van der Waals surface area contributed by atoms with Crippen LogP contribution in [-0.4, -0.2) is 21.6 Å². The van der Waals surface area contributed by atoms with Crippen molar-refractivity contribution in [3.8, 4) is 5.75 Å². The van der Waals surface area contributed by atoms with Gasteiger partial charge in [-0.25, -0.2) is 9.48 Å². The third-order valence-electron chi connectivity index (χ3n) is 3.53. The summed E-state index contributed by atoms with van der Waals surface area (Å²) in [6.45, 7) is 0.0143. The van der Waals surface area contributed by atoms with Crippen LogP contribution in [0.5, 0.6) is 5.75 Å². The maximum absolute atomic E-state index is 12.1. The largest absolute Gasteiger partial charge is 0.470 e. The minimum Gasteiger partial charge on any atom is -0.470 e. The lowest BCUT2D eigenvalue weighted by Crippen LogP contribution is -2.16. The van der Waals surface area contributed by atoms with Gasteiger partial charge in [0.1, 0.15) is 5.75 Å². The number of oxime groups is 1. The molecule has 3 aromatic rings. The standard InChI is InChI=1S/C18H12Cl4N4O3/c19-10-1-3-12(13(21)7-10)17(23)25-29-18(27)15-5-6-26(24-15)9-28-16-4-2-11(20)8-14(16)22/h1-8H,9H2,(H2,23,25). The van der Waals surface area contributed by atoms with Crippen LogP contribution in [0.2, 0.25) is 20.1 Å². The van der Waals surface area contributed by atoms with E-state index in [0.717, 1.165) is 0 Å². The molecule has 11 heteroatoms. The number of nitrogens with zero attached hydrogens (tertiary/aromatic N) is 3. The van der Waals surface area contributed by atoms with E-state index in [2.05, 4.69) is 10.3 Å². The van der Waals surface area contributed by atoms with Gasteiger partial charge >= 0.3 is 5.97 Å². The highest BCUT2D eigenvalue weighted by Crippen LogP contribution is 2.27. The molecule has 3 rings (SSSR count). The summed E-state index contributed by atoms with van der Waals surface area (Å²) in [4.78, 5) is 16.9. The summed E-state index contributed by atoms with van der Waals surface area (Å²) < 4.78 is 6.91. The summed E-state index contributed by atoms with van der Waals surface area (Å²) in [5.41, 5.74) is 6.18. The molecular weight excluding hydrogens is 462 g/mol. The number of rotatable bonds is 6. The molecule has 0 aliphatic carbocycles. The van der Waals surface area contributed by atoms with Gasteiger partial charge in [-0.1, -0.05) is 51.6 Å². The van der Waals surface area contributed by atoms with Crippen molar-refractivity contribution in [3.63, 3.8) is 0 Å². The molecule has 0 aliphatic rings. The van der Waals surface area contributed by atoms with Gasteiger partial charge in [-0.05, 0) is 42.5 Å². The van der Waals surface area contributed by atoms with Crippen LogP contribution < -0.4 is 10.5 Å². The smallest absolute Gasteiger partial charge is 0.385 e. The second-order valence-electron chi connectivity index (χ2n) is 5.57. The summed E-state index contributed by atoms with van der Waals surface area (Å²) in [5, 5.41) is 9.20. The molecule has 150 valence electrons. The highest BCUT2D eigenvalue weighted by molar-refractivity contribution is 6.37. The molecule has 0 aliphatic heterocycles. The van der Waals surface area contributed by atoms with Crippen molar-refractivity contribution in [1.29, 1.82) is 0 Å². The number of ether oxygens (including phenoxy) is 1. The van der Waals surface area contributed by atoms with Gasteiger partial charge in [0.2, 0.25) is 0 Å². The fraction of sp³-hybridized carbons (Fsp3) is 0.0556. The first kappa shape index (κ1) is 21.3. The van der Waals surface area contributed by atoms with Crippen LogP contribution in [0.3, 0.4) is 0 Å². The van der Waals surface area contributed by atoms with Crippen LogP contribution in [0.4, 0.5) is 0 Å². The van der Waals surface area contributed by atoms with E-state index < -0.39 is 5.97 Å². The first-order valence-corrected chi connectivity index (χ1v) is 9.46. The number of hydrogen-bond acceptors (Lipinski definition) is 5. The van der Waals surface area contributed by atoms with Crippen molar-refractivity contribution in [1.82, 2.24) is 9.78 Å². The molecule has 0 saturated carbocycles. The third-order valence-corrected chi connectivity index (χ3v) is 4.61. The van der Waals surface area contributed by atoms with E-state index in [4.69, 9.17) is 61.7 Å². The maximum Gasteiger partial charge on any atom is 0.385 e. The molecule has 0 amide bonds. The first-order chi connectivity index (χ1) is 13.8. The van der Waals surface area contributed by atoms with Crippen LogP contribution >= 0.6 is 46.4 Å². The Hall–Kier alpha value is -2.45. The normalized spacial score (nSPS) is 11.4. The molecule has 29 heavy (non-hydrogen) atoms. The SMILES string of the molecule is N/C(=N\OC(=O)c1ccn(COc2ccc(Cl)cc2Cl)n1)c1ccc(Cl)cc1Cl. The van der Waals surface area contributed by atoms with Crippen molar-refractivity contribution < 1.29 is 14.4 Å². The summed E-state index contributed by atoms with van der Waals surface area (Å²) in [6.07, 6.45) is 1.53. The Labute approximate surface area is 185 Å². The van der Waals surface area contributed by atoms with Crippen molar-refractivity contribution in [2.45, 2.75) is 6.73 Å². The third kappa shape index (κ3) is 5.55. The van der Waals surface area contributed by atoms with Crippen molar-refractivity contribution >= 4 is 58.2 Å². The molecule has 1 heterocycles. The van der Waals surface area contributed by atoms with Gasteiger partial charge in [0.05, 0.1) is 10.0 Å². The minimum atomic E-state index is -0.804. The zero-order valence-electron chi connectivity index (χ0n) is 14.5. The number of carbonyl (C=O) groups excluding carboxylic acids is 1. The molecule has 0 saturated heterocycles. The molecular formula is C18H12Cl4N4O3. The quantitative estimate of drug-likeness (QED) is 0.235.